The Bertz CT molecular complexity index is 926. The van der Waals surface area contributed by atoms with Gasteiger partial charge in [-0.25, -0.2) is 4.68 Å². The Morgan fingerprint density at radius 2 is 2.04 bits per heavy atom. The minimum Gasteiger partial charge on any atom is -0.344 e. The third-order valence-corrected chi connectivity index (χ3v) is 5.56. The van der Waals surface area contributed by atoms with Gasteiger partial charge in [-0.05, 0) is 47.7 Å². The maximum Gasteiger partial charge on any atom is 0.248 e. The number of rotatable bonds is 6. The van der Waals surface area contributed by atoms with E-state index in [1.807, 2.05) is 28.8 Å². The summed E-state index contributed by atoms with van der Waals surface area (Å²) in [5.74, 6) is 1.09. The first-order valence-corrected chi connectivity index (χ1v) is 9.94. The zero-order chi connectivity index (χ0) is 19.6. The highest BCUT2D eigenvalue weighted by Crippen LogP contribution is 2.35. The topological polar surface area (TPSA) is 103 Å². The second kappa shape index (κ2) is 7.65. The van der Waals surface area contributed by atoms with Crippen LogP contribution in [0.1, 0.15) is 64.2 Å². The van der Waals surface area contributed by atoms with E-state index in [9.17, 15) is 4.79 Å². The maximum absolute atomic E-state index is 13.6. The molecule has 1 aliphatic rings. The number of hydrogen-bond acceptors (Lipinski definition) is 6. The molecule has 0 unspecified atom stereocenters. The van der Waals surface area contributed by atoms with Gasteiger partial charge in [0.05, 0.1) is 6.04 Å². The molecule has 9 nitrogen and oxygen atoms in total. The molecular formula is C19H26N8O. The van der Waals surface area contributed by atoms with E-state index in [0.717, 1.165) is 50.0 Å². The van der Waals surface area contributed by atoms with E-state index in [1.165, 1.54) is 0 Å². The summed E-state index contributed by atoms with van der Waals surface area (Å²) in [6, 6.07) is 5.55. The van der Waals surface area contributed by atoms with Gasteiger partial charge in [0.2, 0.25) is 5.91 Å². The predicted molar refractivity (Wildman–Crippen MR) is 102 cm³/mol. The van der Waals surface area contributed by atoms with Crippen LogP contribution in [-0.4, -0.2) is 40.7 Å². The smallest absolute Gasteiger partial charge is 0.248 e. The molecule has 0 aromatic carbocycles. The van der Waals surface area contributed by atoms with Crippen LogP contribution >= 0.6 is 0 Å². The molecule has 3 aromatic rings. The number of hydrogen-bond donors (Lipinski definition) is 1. The Kier molecular flexibility index (Phi) is 5.06. The van der Waals surface area contributed by atoms with E-state index in [1.54, 1.807) is 11.0 Å². The predicted octanol–water partition coefficient (Wildman–Crippen LogP) is 2.28. The number of fused-ring (bicyclic) bond motifs is 1. The van der Waals surface area contributed by atoms with Crippen LogP contribution in [0.5, 0.6) is 0 Å². The molecule has 3 aromatic heterocycles. The Morgan fingerprint density at radius 1 is 1.21 bits per heavy atom. The lowest BCUT2D eigenvalue weighted by atomic mass is 9.80. The molecule has 9 heteroatoms. The fourth-order valence-corrected chi connectivity index (χ4v) is 4.14. The molecule has 1 amide bonds. The molecule has 1 fully saturated rings. The number of carbonyl (C=O) groups excluding carboxylic acids is 1. The lowest BCUT2D eigenvalue weighted by Crippen LogP contribution is -2.51. The van der Waals surface area contributed by atoms with Crippen molar-refractivity contribution in [3.8, 4) is 0 Å². The summed E-state index contributed by atoms with van der Waals surface area (Å²) >= 11 is 0. The number of carbonyl (C=O) groups is 1. The average Bonchev–Trinajstić information content (AvgIpc) is 3.38. The molecule has 0 aliphatic heterocycles. The average molecular weight is 382 g/mol. The molecular weight excluding hydrogens is 356 g/mol. The third-order valence-electron chi connectivity index (χ3n) is 5.56. The maximum atomic E-state index is 13.6. The lowest BCUT2D eigenvalue weighted by molar-refractivity contribution is -0.133. The third kappa shape index (κ3) is 3.36. The van der Waals surface area contributed by atoms with Gasteiger partial charge in [0.15, 0.2) is 11.5 Å². The summed E-state index contributed by atoms with van der Waals surface area (Å²) in [7, 11) is 0. The van der Waals surface area contributed by atoms with Gasteiger partial charge < -0.3 is 5.32 Å². The molecule has 4 rings (SSSR count). The molecule has 0 spiro atoms. The van der Waals surface area contributed by atoms with Crippen molar-refractivity contribution in [1.82, 2.24) is 40.1 Å². The number of nitrogens with zero attached hydrogens (tertiary/aromatic N) is 7. The van der Waals surface area contributed by atoms with Crippen LogP contribution in [-0.2, 0) is 10.3 Å². The first-order chi connectivity index (χ1) is 13.6. The minimum absolute atomic E-state index is 0.0437. The van der Waals surface area contributed by atoms with Crippen molar-refractivity contribution >= 4 is 11.6 Å². The van der Waals surface area contributed by atoms with Gasteiger partial charge in [0, 0.05) is 6.20 Å². The summed E-state index contributed by atoms with van der Waals surface area (Å²) in [4.78, 5) is 13.6. The summed E-state index contributed by atoms with van der Waals surface area (Å²) in [5, 5.41) is 23.5. The summed E-state index contributed by atoms with van der Waals surface area (Å²) in [6.07, 6.45) is 8.81. The molecule has 3 heterocycles. The molecule has 0 bridgehead atoms. The molecule has 1 atom stereocenters. The number of amides is 1. The molecule has 1 aliphatic carbocycles. The molecule has 1 N–H and O–H groups in total. The number of aromatic nitrogens is 7. The summed E-state index contributed by atoms with van der Waals surface area (Å²) in [6.45, 7) is 4.28. The highest BCUT2D eigenvalue weighted by Gasteiger charge is 2.43. The van der Waals surface area contributed by atoms with Gasteiger partial charge in [-0.2, -0.15) is 0 Å². The molecule has 0 radical (unpaired) electrons. The van der Waals surface area contributed by atoms with Crippen molar-refractivity contribution in [2.45, 2.75) is 64.0 Å². The standard InChI is InChI=1S/C19H26N8O/c1-14(2)12-15(17-23-22-16-8-4-7-11-26(16)17)21-18(28)19(9-5-3-6-10-19)27-13-20-24-25-27/h4,7-8,11,13-15H,3,5-6,9-10,12H2,1-2H3,(H,21,28)/t15-/m1/s1. The number of pyridine rings is 1. The zero-order valence-electron chi connectivity index (χ0n) is 16.3. The van der Waals surface area contributed by atoms with Gasteiger partial charge in [0.1, 0.15) is 11.9 Å². The van der Waals surface area contributed by atoms with E-state index in [2.05, 4.69) is 44.9 Å². The van der Waals surface area contributed by atoms with Gasteiger partial charge in [0.25, 0.3) is 0 Å². The highest BCUT2D eigenvalue weighted by molar-refractivity contribution is 5.84. The quantitative estimate of drug-likeness (QED) is 0.701. The van der Waals surface area contributed by atoms with Crippen LogP contribution in [0.2, 0.25) is 0 Å². The van der Waals surface area contributed by atoms with Crippen molar-refractivity contribution in [1.29, 1.82) is 0 Å². The fourth-order valence-electron chi connectivity index (χ4n) is 4.14. The first kappa shape index (κ1) is 18.5. The Balaban J connectivity index is 1.67. The largest absolute Gasteiger partial charge is 0.344 e. The summed E-state index contributed by atoms with van der Waals surface area (Å²) in [5.41, 5.74) is 0.0330. The van der Waals surface area contributed by atoms with Crippen LogP contribution in [0, 0.1) is 5.92 Å². The van der Waals surface area contributed by atoms with Crippen molar-refractivity contribution in [2.24, 2.45) is 5.92 Å². The lowest BCUT2D eigenvalue weighted by Gasteiger charge is -2.36. The van der Waals surface area contributed by atoms with E-state index < -0.39 is 5.54 Å². The SMILES string of the molecule is CC(C)C[C@@H](NC(=O)C1(n2cnnn2)CCCCC1)c1nnc2ccccn12. The van der Waals surface area contributed by atoms with Crippen LogP contribution < -0.4 is 5.32 Å². The van der Waals surface area contributed by atoms with E-state index >= 15 is 0 Å². The van der Waals surface area contributed by atoms with Gasteiger partial charge in [-0.3, -0.25) is 9.20 Å². The fraction of sp³-hybridized carbons (Fsp3) is 0.579. The zero-order valence-corrected chi connectivity index (χ0v) is 16.3. The second-order valence-corrected chi connectivity index (χ2v) is 7.99. The van der Waals surface area contributed by atoms with Crippen molar-refractivity contribution < 1.29 is 4.79 Å². The van der Waals surface area contributed by atoms with Crippen molar-refractivity contribution in [3.05, 3.63) is 36.5 Å². The van der Waals surface area contributed by atoms with E-state index in [-0.39, 0.29) is 11.9 Å². The monoisotopic (exact) mass is 382 g/mol. The Hall–Kier alpha value is -2.84. The number of nitrogens with one attached hydrogen (secondary N) is 1. The molecule has 28 heavy (non-hydrogen) atoms. The number of tetrazole rings is 1. The Labute approximate surface area is 163 Å². The van der Waals surface area contributed by atoms with Gasteiger partial charge in [-0.1, -0.05) is 39.2 Å². The first-order valence-electron chi connectivity index (χ1n) is 9.94. The van der Waals surface area contributed by atoms with Crippen LogP contribution in [0.3, 0.4) is 0 Å². The summed E-state index contributed by atoms with van der Waals surface area (Å²) < 4.78 is 3.58. The minimum atomic E-state index is -0.739. The molecule has 1 saturated carbocycles. The van der Waals surface area contributed by atoms with Crippen LogP contribution in [0.4, 0.5) is 0 Å². The van der Waals surface area contributed by atoms with E-state index in [0.29, 0.717) is 5.92 Å². The van der Waals surface area contributed by atoms with Crippen molar-refractivity contribution in [3.63, 3.8) is 0 Å². The molecule has 148 valence electrons. The highest BCUT2D eigenvalue weighted by atomic mass is 16.2. The second-order valence-electron chi connectivity index (χ2n) is 7.99. The van der Waals surface area contributed by atoms with Crippen molar-refractivity contribution in [2.75, 3.05) is 0 Å². The van der Waals surface area contributed by atoms with Crippen LogP contribution in [0.25, 0.3) is 5.65 Å². The normalized spacial score (nSPS) is 17.7. The van der Waals surface area contributed by atoms with Crippen LogP contribution in [0.15, 0.2) is 30.7 Å². The van der Waals surface area contributed by atoms with Gasteiger partial charge >= 0.3 is 0 Å². The Morgan fingerprint density at radius 3 is 2.75 bits per heavy atom. The molecule has 0 saturated heterocycles. The van der Waals surface area contributed by atoms with E-state index in [4.69, 9.17) is 0 Å². The van der Waals surface area contributed by atoms with Gasteiger partial charge in [-0.15, -0.1) is 15.3 Å².